The molecule has 0 aromatic heterocycles. The second-order valence-electron chi connectivity index (χ2n) is 9.76. The molecule has 0 saturated carbocycles. The van der Waals surface area contributed by atoms with Gasteiger partial charge in [-0.25, -0.2) is 0 Å². The van der Waals surface area contributed by atoms with Crippen LogP contribution in [0.3, 0.4) is 0 Å². The van der Waals surface area contributed by atoms with Crippen LogP contribution in [0.5, 0.6) is 0 Å². The standard InChI is InChI=1S/C34H36O5/c1-5-13-28(14-6-1)23-35-27-32-21-22-33(36-24-29-15-7-2-8-16-29)34(39-32,37-25-30-17-9-3-10-18-30)38-26-31-19-11-4-12-20-31/h1-20,32-33H,21-27H2. The number of ether oxygens (including phenoxy) is 5. The normalized spacial score (nSPS) is 18.6. The van der Waals surface area contributed by atoms with E-state index in [0.29, 0.717) is 33.0 Å². The van der Waals surface area contributed by atoms with Crippen LogP contribution in [-0.4, -0.2) is 24.8 Å². The van der Waals surface area contributed by atoms with E-state index in [4.69, 9.17) is 23.7 Å². The Hall–Kier alpha value is -3.32. The van der Waals surface area contributed by atoms with E-state index in [0.717, 1.165) is 35.1 Å². The van der Waals surface area contributed by atoms with Crippen molar-refractivity contribution in [2.24, 2.45) is 0 Å². The zero-order valence-electron chi connectivity index (χ0n) is 22.2. The largest absolute Gasteiger partial charge is 0.374 e. The minimum Gasteiger partial charge on any atom is -0.374 e. The molecular weight excluding hydrogens is 488 g/mol. The van der Waals surface area contributed by atoms with Crippen LogP contribution in [0.2, 0.25) is 0 Å². The van der Waals surface area contributed by atoms with Gasteiger partial charge in [-0.05, 0) is 35.1 Å². The first-order chi connectivity index (χ1) is 19.3. The van der Waals surface area contributed by atoms with Crippen LogP contribution in [0, 0.1) is 0 Å². The molecule has 202 valence electrons. The summed E-state index contributed by atoms with van der Waals surface area (Å²) >= 11 is 0. The van der Waals surface area contributed by atoms with E-state index in [9.17, 15) is 0 Å². The van der Waals surface area contributed by atoms with Crippen molar-refractivity contribution < 1.29 is 23.7 Å². The third kappa shape index (κ3) is 8.09. The molecule has 5 nitrogen and oxygen atoms in total. The predicted molar refractivity (Wildman–Crippen MR) is 150 cm³/mol. The van der Waals surface area contributed by atoms with Gasteiger partial charge in [-0.2, -0.15) is 0 Å². The third-order valence-corrected chi connectivity index (χ3v) is 6.75. The average molecular weight is 525 g/mol. The fourth-order valence-corrected chi connectivity index (χ4v) is 4.65. The molecule has 4 aromatic rings. The molecule has 5 rings (SSSR count). The molecule has 2 atom stereocenters. The van der Waals surface area contributed by atoms with E-state index in [-0.39, 0.29) is 6.10 Å². The minimum absolute atomic E-state index is 0.197. The molecule has 2 unspecified atom stereocenters. The molecular formula is C34H36O5. The van der Waals surface area contributed by atoms with E-state index in [2.05, 4.69) is 24.3 Å². The van der Waals surface area contributed by atoms with Crippen LogP contribution in [0.25, 0.3) is 0 Å². The van der Waals surface area contributed by atoms with Gasteiger partial charge in [-0.1, -0.05) is 121 Å². The Labute approximate surface area is 231 Å². The summed E-state index contributed by atoms with van der Waals surface area (Å²) in [4.78, 5) is 0. The lowest BCUT2D eigenvalue weighted by Gasteiger charge is -2.45. The van der Waals surface area contributed by atoms with Crippen molar-refractivity contribution in [1.82, 2.24) is 0 Å². The highest BCUT2D eigenvalue weighted by Crippen LogP contribution is 2.36. The zero-order chi connectivity index (χ0) is 26.6. The lowest BCUT2D eigenvalue weighted by Crippen LogP contribution is -2.56. The van der Waals surface area contributed by atoms with Gasteiger partial charge < -0.3 is 23.7 Å². The molecule has 0 bridgehead atoms. The molecule has 1 heterocycles. The first-order valence-corrected chi connectivity index (χ1v) is 13.6. The molecule has 0 spiro atoms. The van der Waals surface area contributed by atoms with Crippen LogP contribution in [-0.2, 0) is 50.1 Å². The lowest BCUT2D eigenvalue weighted by molar-refractivity contribution is -0.452. The van der Waals surface area contributed by atoms with Gasteiger partial charge in [0.1, 0.15) is 6.10 Å². The van der Waals surface area contributed by atoms with Crippen molar-refractivity contribution in [3.8, 4) is 0 Å². The summed E-state index contributed by atoms with van der Waals surface area (Å²) in [5.41, 5.74) is 4.29. The van der Waals surface area contributed by atoms with Crippen molar-refractivity contribution in [3.63, 3.8) is 0 Å². The molecule has 0 amide bonds. The Morgan fingerprint density at radius 3 is 1.46 bits per heavy atom. The Bertz CT molecular complexity index is 1170. The van der Waals surface area contributed by atoms with Gasteiger partial charge in [0.05, 0.1) is 39.1 Å². The van der Waals surface area contributed by atoms with Crippen molar-refractivity contribution in [2.75, 3.05) is 6.61 Å². The van der Waals surface area contributed by atoms with Crippen molar-refractivity contribution in [1.29, 1.82) is 0 Å². The fourth-order valence-electron chi connectivity index (χ4n) is 4.65. The molecule has 1 aliphatic rings. The van der Waals surface area contributed by atoms with Crippen molar-refractivity contribution in [3.05, 3.63) is 144 Å². The molecule has 1 fully saturated rings. The molecule has 1 aliphatic heterocycles. The number of hydrogen-bond acceptors (Lipinski definition) is 5. The van der Waals surface area contributed by atoms with Crippen LogP contribution >= 0.6 is 0 Å². The Balaban J connectivity index is 1.34. The maximum atomic E-state index is 6.66. The van der Waals surface area contributed by atoms with Gasteiger partial charge in [0.25, 0.3) is 0 Å². The lowest BCUT2D eigenvalue weighted by atomic mass is 10.0. The van der Waals surface area contributed by atoms with Gasteiger partial charge >= 0.3 is 5.97 Å². The highest BCUT2D eigenvalue weighted by molar-refractivity contribution is 5.16. The summed E-state index contributed by atoms with van der Waals surface area (Å²) in [6.07, 6.45) is 0.877. The van der Waals surface area contributed by atoms with E-state index < -0.39 is 12.1 Å². The Kier molecular flexibility index (Phi) is 9.91. The van der Waals surface area contributed by atoms with E-state index in [1.165, 1.54) is 0 Å². The van der Waals surface area contributed by atoms with Crippen LogP contribution in [0.4, 0.5) is 0 Å². The molecule has 5 heteroatoms. The number of hydrogen-bond donors (Lipinski definition) is 0. The summed E-state index contributed by atoms with van der Waals surface area (Å²) in [5, 5.41) is 0. The predicted octanol–water partition coefficient (Wildman–Crippen LogP) is 7.06. The molecule has 0 radical (unpaired) electrons. The summed E-state index contributed by atoms with van der Waals surface area (Å²) in [6.45, 7) is 2.06. The average Bonchev–Trinajstić information content (AvgIpc) is 3.01. The molecule has 0 N–H and O–H groups in total. The minimum atomic E-state index is -1.39. The van der Waals surface area contributed by atoms with E-state index >= 15 is 0 Å². The summed E-state index contributed by atoms with van der Waals surface area (Å²) in [5.74, 6) is -1.39. The maximum Gasteiger partial charge on any atom is 0.311 e. The highest BCUT2D eigenvalue weighted by Gasteiger charge is 2.49. The van der Waals surface area contributed by atoms with Gasteiger partial charge in [0.15, 0.2) is 0 Å². The quantitative estimate of drug-likeness (QED) is 0.175. The van der Waals surface area contributed by atoms with E-state index in [1.54, 1.807) is 0 Å². The second kappa shape index (κ2) is 14.2. The maximum absolute atomic E-state index is 6.66. The zero-order valence-corrected chi connectivity index (χ0v) is 22.2. The summed E-state index contributed by atoms with van der Waals surface area (Å²) < 4.78 is 32.3. The smallest absolute Gasteiger partial charge is 0.311 e. The summed E-state index contributed by atoms with van der Waals surface area (Å²) in [7, 11) is 0. The second-order valence-corrected chi connectivity index (χ2v) is 9.76. The number of rotatable bonds is 13. The van der Waals surface area contributed by atoms with Crippen molar-refractivity contribution >= 4 is 0 Å². The molecule has 1 saturated heterocycles. The molecule has 39 heavy (non-hydrogen) atoms. The third-order valence-electron chi connectivity index (χ3n) is 6.75. The Morgan fingerprint density at radius 1 is 0.538 bits per heavy atom. The van der Waals surface area contributed by atoms with Crippen LogP contribution in [0.15, 0.2) is 121 Å². The van der Waals surface area contributed by atoms with Gasteiger partial charge in [-0.3, -0.25) is 0 Å². The number of benzene rings is 4. The van der Waals surface area contributed by atoms with Gasteiger partial charge in [0.2, 0.25) is 0 Å². The highest BCUT2D eigenvalue weighted by atomic mass is 16.9. The van der Waals surface area contributed by atoms with Crippen LogP contribution < -0.4 is 0 Å². The topological polar surface area (TPSA) is 46.2 Å². The van der Waals surface area contributed by atoms with Gasteiger partial charge in [0, 0.05) is 0 Å². The molecule has 4 aromatic carbocycles. The Morgan fingerprint density at radius 2 is 0.974 bits per heavy atom. The van der Waals surface area contributed by atoms with Crippen molar-refractivity contribution in [2.45, 2.75) is 57.5 Å². The van der Waals surface area contributed by atoms with Gasteiger partial charge in [-0.15, -0.1) is 0 Å². The van der Waals surface area contributed by atoms with E-state index in [1.807, 2.05) is 97.1 Å². The fraction of sp³-hybridized carbons (Fsp3) is 0.294. The first kappa shape index (κ1) is 27.3. The summed E-state index contributed by atoms with van der Waals surface area (Å²) in [6, 6.07) is 40.4. The molecule has 0 aliphatic carbocycles. The monoisotopic (exact) mass is 524 g/mol. The first-order valence-electron chi connectivity index (χ1n) is 13.6. The SMILES string of the molecule is c1ccc(COCC2CCC(OCc3ccccc3)C(OCc3ccccc3)(OCc3ccccc3)O2)cc1. The van der Waals surface area contributed by atoms with Crippen LogP contribution in [0.1, 0.15) is 35.1 Å².